The average molecular weight is 905 g/mol. The Morgan fingerprint density at radius 3 is 2.39 bits per heavy atom. The van der Waals surface area contributed by atoms with Crippen LogP contribution in [0.3, 0.4) is 0 Å². The minimum atomic E-state index is -4.26. The normalized spacial score (nSPS) is 21.1. The molecule has 338 valence electrons. The highest BCUT2D eigenvalue weighted by Gasteiger charge is 2.56. The fraction of sp³-hybridized carbons (Fsp3) is 0.465. The van der Waals surface area contributed by atoms with Crippen LogP contribution in [0, 0.1) is 28.3 Å². The summed E-state index contributed by atoms with van der Waals surface area (Å²) in [5.74, 6) is -3.66. The Labute approximate surface area is 365 Å². The molecule has 64 heavy (non-hydrogen) atoms. The largest absolute Gasteiger partial charge is 0.451 e. The lowest BCUT2D eigenvalue weighted by molar-refractivity contribution is -0.120. The predicted molar refractivity (Wildman–Crippen MR) is 230 cm³/mol. The number of anilines is 3. The highest BCUT2D eigenvalue weighted by molar-refractivity contribution is 7.90. The monoisotopic (exact) mass is 904 g/mol. The zero-order valence-electron chi connectivity index (χ0n) is 35.2. The lowest BCUT2D eigenvalue weighted by Gasteiger charge is -2.63. The Bertz CT molecular complexity index is 2900. The minimum absolute atomic E-state index is 0.0387. The van der Waals surface area contributed by atoms with Gasteiger partial charge in [0.05, 0.1) is 40.7 Å². The molecule has 3 N–H and O–H groups in total. The summed E-state index contributed by atoms with van der Waals surface area (Å²) in [4.78, 5) is 48.5. The molecule has 2 aliphatic carbocycles. The van der Waals surface area contributed by atoms with Gasteiger partial charge in [-0.2, -0.15) is 17.8 Å². The first kappa shape index (κ1) is 42.2. The van der Waals surface area contributed by atoms with Gasteiger partial charge in [-0.3, -0.25) is 33.8 Å². The second-order valence-corrected chi connectivity index (χ2v) is 19.9. The summed E-state index contributed by atoms with van der Waals surface area (Å²) in [6, 6.07) is 9.20. The predicted octanol–water partition coefficient (Wildman–Crippen LogP) is 4.61. The van der Waals surface area contributed by atoms with Gasteiger partial charge in [0.2, 0.25) is 11.7 Å². The van der Waals surface area contributed by atoms with Gasteiger partial charge in [-0.25, -0.2) is 22.9 Å². The molecular weight excluding hydrogens is 858 g/mol. The Hall–Kier alpha value is -5.77. The minimum Gasteiger partial charge on any atom is -0.451 e. The third-order valence-corrected chi connectivity index (χ3v) is 15.6. The van der Waals surface area contributed by atoms with Crippen molar-refractivity contribution in [3.63, 3.8) is 0 Å². The Balaban J connectivity index is 0.738. The molecule has 3 amide bonds. The number of urea groups is 1. The van der Waals surface area contributed by atoms with E-state index in [0.29, 0.717) is 34.0 Å². The van der Waals surface area contributed by atoms with Gasteiger partial charge < -0.3 is 19.6 Å². The average Bonchev–Trinajstić information content (AvgIpc) is 3.53. The molecule has 5 aliphatic rings. The number of likely N-dealkylation sites (tertiary alicyclic amines) is 1. The number of aliphatic hydroxyl groups is 1. The number of carbonyl (C=O) groups excluding carboxylic acids is 2. The third-order valence-electron chi connectivity index (χ3n) is 14.1. The van der Waals surface area contributed by atoms with Crippen molar-refractivity contribution in [3.05, 3.63) is 76.6 Å². The number of hydrogen-bond acceptors (Lipinski definition) is 11. The number of likely N-dealkylation sites (N-methyl/N-ethyl adjacent to an activating group) is 1. The van der Waals surface area contributed by atoms with Crippen LogP contribution >= 0.6 is 0 Å². The summed E-state index contributed by atoms with van der Waals surface area (Å²) >= 11 is 0. The summed E-state index contributed by atoms with van der Waals surface area (Å²) in [5, 5.41) is 16.6. The Kier molecular flexibility index (Phi) is 10.2. The van der Waals surface area contributed by atoms with Crippen molar-refractivity contribution in [1.82, 2.24) is 33.9 Å². The molecule has 17 nitrogen and oxygen atoms in total. The quantitative estimate of drug-likeness (QED) is 0.168. The van der Waals surface area contributed by atoms with E-state index in [4.69, 9.17) is 9.84 Å². The molecule has 2 aromatic heterocycles. The molecule has 0 bridgehead atoms. The lowest BCUT2D eigenvalue weighted by Crippen LogP contribution is -2.67. The summed E-state index contributed by atoms with van der Waals surface area (Å²) in [7, 11) is -1.31. The number of benzene rings is 3. The molecule has 3 saturated heterocycles. The number of nitrogens with one attached hydrogen (secondary N) is 2. The number of ether oxygens (including phenoxy) is 1. The zero-order chi connectivity index (χ0) is 44.9. The molecule has 5 heterocycles. The number of halogens is 3. The number of fused-ring (bicyclic) bond motifs is 2. The van der Waals surface area contributed by atoms with E-state index in [1.165, 1.54) is 36.2 Å². The molecule has 0 unspecified atom stereocenters. The molecule has 5 aromatic rings. The number of piperidine rings is 1. The van der Waals surface area contributed by atoms with Crippen molar-refractivity contribution in [1.29, 1.82) is 0 Å². The van der Waals surface area contributed by atoms with Crippen LogP contribution in [0.4, 0.5) is 35.2 Å². The molecule has 10 rings (SSSR count). The maximum absolute atomic E-state index is 15.7. The number of aromatic nitrogens is 4. The number of hydrogen-bond donors (Lipinski definition) is 3. The lowest BCUT2D eigenvalue weighted by atomic mass is 9.57. The fourth-order valence-corrected chi connectivity index (χ4v) is 11.4. The molecular formula is C43H47F3N10O7S. The Morgan fingerprint density at radius 2 is 1.67 bits per heavy atom. The van der Waals surface area contributed by atoms with Crippen molar-refractivity contribution < 1.29 is 41.0 Å². The van der Waals surface area contributed by atoms with Gasteiger partial charge in [0, 0.05) is 69.6 Å². The second kappa shape index (κ2) is 15.4. The molecule has 3 aliphatic heterocycles. The number of aliphatic hydroxyl groups excluding tert-OH is 1. The van der Waals surface area contributed by atoms with Gasteiger partial charge in [-0.1, -0.05) is 0 Å². The van der Waals surface area contributed by atoms with Gasteiger partial charge in [-0.05, 0) is 99.5 Å². The van der Waals surface area contributed by atoms with Crippen LogP contribution in [0.2, 0.25) is 0 Å². The van der Waals surface area contributed by atoms with E-state index in [2.05, 4.69) is 25.2 Å². The van der Waals surface area contributed by atoms with E-state index in [1.54, 1.807) is 28.7 Å². The second-order valence-electron chi connectivity index (χ2n) is 18.2. The molecule has 0 radical (unpaired) electrons. The Morgan fingerprint density at radius 1 is 0.938 bits per heavy atom. The number of rotatable bonds is 11. The van der Waals surface area contributed by atoms with Crippen LogP contribution in [-0.2, 0) is 22.1 Å². The number of amides is 3. The number of imide groups is 1. The van der Waals surface area contributed by atoms with E-state index >= 15 is 8.78 Å². The van der Waals surface area contributed by atoms with Gasteiger partial charge in [0.25, 0.3) is 5.56 Å². The summed E-state index contributed by atoms with van der Waals surface area (Å²) < 4.78 is 82.7. The van der Waals surface area contributed by atoms with Crippen molar-refractivity contribution >= 4 is 61.1 Å². The molecule has 2 spiro atoms. The molecule has 5 fully saturated rings. The third kappa shape index (κ3) is 7.21. The van der Waals surface area contributed by atoms with E-state index in [9.17, 15) is 27.2 Å². The summed E-state index contributed by atoms with van der Waals surface area (Å²) in [6.45, 7) is 2.95. The highest BCUT2D eigenvalue weighted by atomic mass is 32.2. The maximum atomic E-state index is 15.7. The van der Waals surface area contributed by atoms with Gasteiger partial charge >= 0.3 is 16.2 Å². The summed E-state index contributed by atoms with van der Waals surface area (Å²) in [5.41, 5.74) is 1.03. The van der Waals surface area contributed by atoms with Crippen LogP contribution in [0.25, 0.3) is 21.8 Å². The molecule has 0 atom stereocenters. The van der Waals surface area contributed by atoms with Crippen LogP contribution in [0.15, 0.2) is 53.6 Å². The maximum Gasteiger partial charge on any atom is 0.329 e. The number of carbonyl (C=O) groups is 2. The molecule has 21 heteroatoms. The van der Waals surface area contributed by atoms with Crippen molar-refractivity contribution in [3.8, 4) is 11.5 Å². The topological polar surface area (TPSA) is 187 Å². The van der Waals surface area contributed by atoms with E-state index in [0.717, 1.165) is 81.1 Å². The molecule has 3 aromatic carbocycles. The fourth-order valence-electron chi connectivity index (χ4n) is 10.5. The van der Waals surface area contributed by atoms with Crippen LogP contribution in [-0.4, -0.2) is 113 Å². The SMILES string of the molecule is CN(CCO)S(=O)(=O)Nc1ccc(F)c(Oc2ccc3ncn(C4CC5(CCN(C6CC7(C6)CN(c6cc8c(cc6F)c(N6CCC(=O)NC6=O)nn8C)C7)CC5)C4)c(=O)c3c2)c1F. The highest BCUT2D eigenvalue weighted by Crippen LogP contribution is 2.57. The van der Waals surface area contributed by atoms with Gasteiger partial charge in [-0.15, -0.1) is 0 Å². The van der Waals surface area contributed by atoms with Crippen LogP contribution in [0.5, 0.6) is 11.5 Å². The first-order valence-electron chi connectivity index (χ1n) is 21.3. The van der Waals surface area contributed by atoms with E-state index in [1.807, 2.05) is 4.72 Å². The van der Waals surface area contributed by atoms with Gasteiger partial charge in [0.15, 0.2) is 17.5 Å². The first-order chi connectivity index (χ1) is 30.5. The zero-order valence-corrected chi connectivity index (χ0v) is 36.0. The van der Waals surface area contributed by atoms with Crippen LogP contribution < -0.4 is 30.1 Å². The first-order valence-corrected chi connectivity index (χ1v) is 22.8. The summed E-state index contributed by atoms with van der Waals surface area (Å²) in [6.07, 6.45) is 7.51. The van der Waals surface area contributed by atoms with Crippen molar-refractivity contribution in [2.75, 3.05) is 67.4 Å². The van der Waals surface area contributed by atoms with Crippen molar-refractivity contribution in [2.45, 2.75) is 57.0 Å². The van der Waals surface area contributed by atoms with E-state index < -0.39 is 45.9 Å². The van der Waals surface area contributed by atoms with Crippen molar-refractivity contribution in [2.24, 2.45) is 17.9 Å². The van der Waals surface area contributed by atoms with E-state index in [-0.39, 0.29) is 64.8 Å². The standard InChI is InChI=1S/C43H47F3N10O7S/c1-51(13-14-57)64(61,62)50-33-6-4-30(44)38(37(33)46)63-27-3-5-32-28(15-27)40(59)56(24-47-32)26-20-42(21-26)8-11-53(12-9-42)25-18-43(19-25)22-54(23-43)35-17-34-29(16-31(35)45)39(49-52(34)2)55-10-7-36(58)48-41(55)60/h3-6,15-17,24-26,50,57H,7-14,18-23H2,1-2H3,(H,48,58,60). The van der Waals surface area contributed by atoms with Crippen LogP contribution in [0.1, 0.15) is 51.0 Å². The smallest absolute Gasteiger partial charge is 0.329 e. The number of nitrogens with zero attached hydrogens (tertiary/aromatic N) is 8. The number of aryl methyl sites for hydroxylation is 1. The molecule has 2 saturated carbocycles. The van der Waals surface area contributed by atoms with Gasteiger partial charge in [0.1, 0.15) is 11.6 Å².